The number of amides is 2. The highest BCUT2D eigenvalue weighted by Crippen LogP contribution is 2.10. The fourth-order valence-corrected chi connectivity index (χ4v) is 1.65. The molecule has 0 aromatic carbocycles. The summed E-state index contributed by atoms with van der Waals surface area (Å²) in [5.41, 5.74) is 0. The third kappa shape index (κ3) is 5.65. The van der Waals surface area contributed by atoms with E-state index in [2.05, 4.69) is 10.6 Å². The smallest absolute Gasteiger partial charge is 0.224 e. The van der Waals surface area contributed by atoms with Crippen molar-refractivity contribution >= 4 is 11.8 Å². The van der Waals surface area contributed by atoms with Gasteiger partial charge in [0.05, 0.1) is 19.1 Å². The van der Waals surface area contributed by atoms with E-state index in [4.69, 9.17) is 9.84 Å². The molecule has 0 bridgehead atoms. The second-order valence-corrected chi connectivity index (χ2v) is 4.02. The van der Waals surface area contributed by atoms with E-state index in [9.17, 15) is 9.59 Å². The Hall–Kier alpha value is -1.14. The molecule has 98 valence electrons. The molecule has 0 saturated carbocycles. The Bertz CT molecular complexity index is 248. The number of carbonyl (C=O) groups is 2. The first-order valence-electron chi connectivity index (χ1n) is 5.97. The van der Waals surface area contributed by atoms with Crippen molar-refractivity contribution in [2.45, 2.75) is 19.3 Å². The molecule has 6 nitrogen and oxygen atoms in total. The lowest BCUT2D eigenvalue weighted by molar-refractivity contribution is -0.128. The first-order valence-corrected chi connectivity index (χ1v) is 5.97. The van der Waals surface area contributed by atoms with Crippen LogP contribution in [0, 0.1) is 5.92 Å². The Kier molecular flexibility index (Phi) is 6.57. The summed E-state index contributed by atoms with van der Waals surface area (Å²) in [6.45, 7) is 1.89. The molecule has 0 aliphatic carbocycles. The molecular formula is C11H20N2O4. The minimum atomic E-state index is -0.105. The van der Waals surface area contributed by atoms with Crippen LogP contribution in [0.2, 0.25) is 0 Å². The maximum atomic E-state index is 11.7. The Morgan fingerprint density at radius 1 is 1.53 bits per heavy atom. The fraction of sp³-hybridized carbons (Fsp3) is 0.818. The van der Waals surface area contributed by atoms with Gasteiger partial charge in [0.15, 0.2) is 0 Å². The van der Waals surface area contributed by atoms with Crippen molar-refractivity contribution < 1.29 is 19.4 Å². The molecule has 6 heteroatoms. The maximum absolute atomic E-state index is 11.7. The predicted molar refractivity (Wildman–Crippen MR) is 61.3 cm³/mol. The molecule has 0 aromatic rings. The van der Waals surface area contributed by atoms with E-state index in [-0.39, 0.29) is 24.3 Å². The Labute approximate surface area is 101 Å². The first-order chi connectivity index (χ1) is 8.24. The minimum absolute atomic E-state index is 0.00726. The Balaban J connectivity index is 2.03. The fourth-order valence-electron chi connectivity index (χ4n) is 1.65. The lowest BCUT2D eigenvalue weighted by Gasteiger charge is -2.21. The normalized spacial score (nSPS) is 19.8. The van der Waals surface area contributed by atoms with Gasteiger partial charge in [-0.15, -0.1) is 0 Å². The van der Waals surface area contributed by atoms with Gasteiger partial charge in [-0.25, -0.2) is 0 Å². The molecule has 1 heterocycles. The van der Waals surface area contributed by atoms with Crippen molar-refractivity contribution in [1.29, 1.82) is 0 Å². The summed E-state index contributed by atoms with van der Waals surface area (Å²) < 4.78 is 5.07. The van der Waals surface area contributed by atoms with E-state index < -0.39 is 0 Å². The summed E-state index contributed by atoms with van der Waals surface area (Å²) in [6, 6.07) is 0. The molecule has 1 aliphatic heterocycles. The molecule has 0 spiro atoms. The molecule has 1 unspecified atom stereocenters. The van der Waals surface area contributed by atoms with E-state index in [0.717, 1.165) is 6.42 Å². The number of piperidine rings is 1. The standard InChI is InChI=1S/C11H20N2O4/c14-5-7-17-6-1-4-12-11(16)9-2-3-10(15)13-8-9/h9,14H,1-8H2,(H,12,16)(H,13,15). The number of hydrogen-bond donors (Lipinski definition) is 3. The van der Waals surface area contributed by atoms with Gasteiger partial charge in [0.2, 0.25) is 11.8 Å². The second-order valence-electron chi connectivity index (χ2n) is 4.02. The van der Waals surface area contributed by atoms with Gasteiger partial charge in [-0.05, 0) is 12.8 Å². The van der Waals surface area contributed by atoms with Gasteiger partial charge in [-0.1, -0.05) is 0 Å². The van der Waals surface area contributed by atoms with Gasteiger partial charge < -0.3 is 20.5 Å². The summed E-state index contributed by atoms with van der Waals surface area (Å²) in [5, 5.41) is 14.0. The second kappa shape index (κ2) is 8.03. The Morgan fingerprint density at radius 3 is 3.00 bits per heavy atom. The van der Waals surface area contributed by atoms with E-state index in [1.165, 1.54) is 0 Å². The molecule has 0 aromatic heterocycles. The average molecular weight is 244 g/mol. The van der Waals surface area contributed by atoms with Crippen LogP contribution < -0.4 is 10.6 Å². The van der Waals surface area contributed by atoms with Gasteiger partial charge in [0.1, 0.15) is 0 Å². The van der Waals surface area contributed by atoms with Crippen molar-refractivity contribution in [3.8, 4) is 0 Å². The van der Waals surface area contributed by atoms with Crippen molar-refractivity contribution in [2.24, 2.45) is 5.92 Å². The number of ether oxygens (including phenoxy) is 1. The largest absolute Gasteiger partial charge is 0.394 e. The molecular weight excluding hydrogens is 224 g/mol. The number of rotatable bonds is 7. The zero-order valence-electron chi connectivity index (χ0n) is 9.91. The number of aliphatic hydroxyl groups excluding tert-OH is 1. The van der Waals surface area contributed by atoms with Gasteiger partial charge >= 0.3 is 0 Å². The monoisotopic (exact) mass is 244 g/mol. The average Bonchev–Trinajstić information content (AvgIpc) is 2.34. The maximum Gasteiger partial charge on any atom is 0.224 e. The highest BCUT2D eigenvalue weighted by Gasteiger charge is 2.23. The third-order valence-electron chi connectivity index (χ3n) is 2.64. The molecule has 1 atom stereocenters. The van der Waals surface area contributed by atoms with Crippen LogP contribution in [0.25, 0.3) is 0 Å². The first kappa shape index (κ1) is 13.9. The number of carbonyl (C=O) groups excluding carboxylic acids is 2. The molecule has 0 radical (unpaired) electrons. The van der Waals surface area contributed by atoms with Crippen molar-refractivity contribution in [3.63, 3.8) is 0 Å². The highest BCUT2D eigenvalue weighted by atomic mass is 16.5. The Morgan fingerprint density at radius 2 is 2.35 bits per heavy atom. The third-order valence-corrected chi connectivity index (χ3v) is 2.64. The molecule has 2 amide bonds. The lowest BCUT2D eigenvalue weighted by atomic mass is 9.98. The van der Waals surface area contributed by atoms with Gasteiger partial charge in [0, 0.05) is 26.1 Å². The molecule has 1 aliphatic rings. The summed E-state index contributed by atoms with van der Waals surface area (Å²) in [7, 11) is 0. The van der Waals surface area contributed by atoms with E-state index in [1.807, 2.05) is 0 Å². The SMILES string of the molecule is O=C1CCC(C(=O)NCCCOCCO)CN1. The summed E-state index contributed by atoms with van der Waals surface area (Å²) in [6.07, 6.45) is 1.78. The van der Waals surface area contributed by atoms with Crippen LogP contribution in [0.5, 0.6) is 0 Å². The van der Waals surface area contributed by atoms with Crippen molar-refractivity contribution in [3.05, 3.63) is 0 Å². The van der Waals surface area contributed by atoms with Crippen LogP contribution in [0.3, 0.4) is 0 Å². The summed E-state index contributed by atoms with van der Waals surface area (Å²) >= 11 is 0. The van der Waals surface area contributed by atoms with E-state index in [0.29, 0.717) is 39.1 Å². The van der Waals surface area contributed by atoms with E-state index >= 15 is 0 Å². The van der Waals surface area contributed by atoms with Crippen LogP contribution >= 0.6 is 0 Å². The summed E-state index contributed by atoms with van der Waals surface area (Å²) in [5.74, 6) is -0.0929. The number of hydrogen-bond acceptors (Lipinski definition) is 4. The molecule has 3 N–H and O–H groups in total. The van der Waals surface area contributed by atoms with Crippen LogP contribution in [0.4, 0.5) is 0 Å². The van der Waals surface area contributed by atoms with Gasteiger partial charge in [0.25, 0.3) is 0 Å². The minimum Gasteiger partial charge on any atom is -0.394 e. The highest BCUT2D eigenvalue weighted by molar-refractivity contribution is 5.83. The van der Waals surface area contributed by atoms with E-state index in [1.54, 1.807) is 0 Å². The van der Waals surface area contributed by atoms with Crippen LogP contribution in [-0.2, 0) is 14.3 Å². The van der Waals surface area contributed by atoms with Crippen molar-refractivity contribution in [1.82, 2.24) is 10.6 Å². The van der Waals surface area contributed by atoms with Crippen molar-refractivity contribution in [2.75, 3.05) is 32.9 Å². The topological polar surface area (TPSA) is 87.7 Å². The zero-order chi connectivity index (χ0) is 12.5. The quantitative estimate of drug-likeness (QED) is 0.503. The molecule has 17 heavy (non-hydrogen) atoms. The van der Waals surface area contributed by atoms with Gasteiger partial charge in [-0.2, -0.15) is 0 Å². The molecule has 1 fully saturated rings. The summed E-state index contributed by atoms with van der Waals surface area (Å²) in [4.78, 5) is 22.6. The van der Waals surface area contributed by atoms with Crippen LogP contribution in [-0.4, -0.2) is 49.8 Å². The van der Waals surface area contributed by atoms with Gasteiger partial charge in [-0.3, -0.25) is 9.59 Å². The molecule has 1 rings (SSSR count). The number of aliphatic hydroxyl groups is 1. The molecule has 1 saturated heterocycles. The van der Waals surface area contributed by atoms with Crippen LogP contribution in [0.15, 0.2) is 0 Å². The lowest BCUT2D eigenvalue weighted by Crippen LogP contribution is -2.43. The zero-order valence-corrected chi connectivity index (χ0v) is 9.91. The predicted octanol–water partition coefficient (Wildman–Crippen LogP) is -0.972. The van der Waals surface area contributed by atoms with Crippen LogP contribution in [0.1, 0.15) is 19.3 Å². The number of nitrogens with one attached hydrogen (secondary N) is 2.